The fourth-order valence-electron chi connectivity index (χ4n) is 4.01. The summed E-state index contributed by atoms with van der Waals surface area (Å²) < 4.78 is 64.4. The van der Waals surface area contributed by atoms with Crippen molar-refractivity contribution in [2.24, 2.45) is 5.10 Å². The molecule has 1 aromatic heterocycles. The van der Waals surface area contributed by atoms with Gasteiger partial charge in [-0.1, -0.05) is 6.08 Å². The fraction of sp³-hybridized carbons (Fsp3) is 0.0769. The van der Waals surface area contributed by atoms with E-state index in [-0.39, 0.29) is 141 Å². The van der Waals surface area contributed by atoms with Crippen molar-refractivity contribution in [2.45, 2.75) is 23.6 Å². The quantitative estimate of drug-likeness (QED) is 0.194. The van der Waals surface area contributed by atoms with E-state index in [0.29, 0.717) is 5.71 Å². The van der Waals surface area contributed by atoms with Gasteiger partial charge < -0.3 is 5.11 Å². The summed E-state index contributed by atoms with van der Waals surface area (Å²) in [7, 11) is -8.92. The van der Waals surface area contributed by atoms with E-state index in [1.54, 1.807) is 13.0 Å². The standard InChI is InChI=1S/C26H20N4O9S2.2K.2H/c1-15-21(24(31)29(25(32)23(15)14-27)17-6-10-19(11-7-17)40(34,35)36)4-3-5-22-16(2)28-30(26(22)33)18-8-12-20(13-9-18)41(37,38)39;;;;/h3-13,31H,1-2H3,(H,34,35,36)(H,37,38,39);;;;/b4-3-,22-5-;;;;. The van der Waals surface area contributed by atoms with Gasteiger partial charge in [0.15, 0.2) is 0 Å². The number of hydrogen-bond acceptors (Lipinski definition) is 9. The van der Waals surface area contributed by atoms with Gasteiger partial charge in [-0.15, -0.1) is 0 Å². The molecule has 0 saturated heterocycles. The van der Waals surface area contributed by atoms with Gasteiger partial charge in [0, 0.05) is 5.56 Å². The van der Waals surface area contributed by atoms with Crippen LogP contribution in [0.3, 0.4) is 0 Å². The molecule has 4 rings (SSSR count). The minimum absolute atomic E-state index is 0. The molecule has 2 aromatic carbocycles. The molecule has 0 atom stereocenters. The van der Waals surface area contributed by atoms with Crippen LogP contribution in [0.4, 0.5) is 5.69 Å². The van der Waals surface area contributed by atoms with Crippen molar-refractivity contribution in [3.05, 3.63) is 93.3 Å². The monoisotopic (exact) mass is 676 g/mol. The van der Waals surface area contributed by atoms with E-state index in [9.17, 15) is 41.3 Å². The first kappa shape index (κ1) is 37.6. The van der Waals surface area contributed by atoms with Gasteiger partial charge in [0.2, 0.25) is 5.88 Å². The predicted molar refractivity (Wildman–Crippen MR) is 161 cm³/mol. The molecule has 1 aliphatic rings. The Morgan fingerprint density at radius 2 is 1.35 bits per heavy atom. The molecule has 1 aliphatic heterocycles. The molecule has 17 heteroatoms. The molecule has 214 valence electrons. The van der Waals surface area contributed by atoms with Crippen molar-refractivity contribution in [1.82, 2.24) is 4.57 Å². The van der Waals surface area contributed by atoms with Crippen LogP contribution >= 0.6 is 0 Å². The number of aromatic hydroxyl groups is 1. The molecule has 2 heterocycles. The van der Waals surface area contributed by atoms with E-state index in [4.69, 9.17) is 4.55 Å². The molecule has 0 saturated carbocycles. The maximum atomic E-state index is 13.0. The van der Waals surface area contributed by atoms with E-state index in [1.165, 1.54) is 49.4 Å². The molecule has 43 heavy (non-hydrogen) atoms. The van der Waals surface area contributed by atoms with Crippen molar-refractivity contribution < 1.29 is 35.8 Å². The average Bonchev–Trinajstić information content (AvgIpc) is 3.18. The van der Waals surface area contributed by atoms with Crippen molar-refractivity contribution in [3.63, 3.8) is 0 Å². The minimum atomic E-state index is -4.50. The Bertz CT molecular complexity index is 2010. The van der Waals surface area contributed by atoms with Crippen LogP contribution in [0.15, 0.2) is 85.9 Å². The third-order valence-corrected chi connectivity index (χ3v) is 7.86. The Morgan fingerprint density at radius 1 is 0.860 bits per heavy atom. The Hall–Kier alpha value is -1.61. The third-order valence-electron chi connectivity index (χ3n) is 6.12. The molecule has 3 aromatic rings. The first-order valence-corrected chi connectivity index (χ1v) is 14.4. The van der Waals surface area contributed by atoms with E-state index in [0.717, 1.165) is 33.8 Å². The van der Waals surface area contributed by atoms with Crippen molar-refractivity contribution in [3.8, 4) is 17.6 Å². The molecule has 0 spiro atoms. The van der Waals surface area contributed by atoms with Gasteiger partial charge in [-0.2, -0.15) is 32.2 Å². The normalized spacial score (nSPS) is 14.3. The van der Waals surface area contributed by atoms with E-state index in [1.807, 2.05) is 0 Å². The molecule has 3 N–H and O–H groups in total. The fourth-order valence-corrected chi connectivity index (χ4v) is 4.97. The zero-order chi connectivity index (χ0) is 30.3. The topological polar surface area (TPSA) is 207 Å². The van der Waals surface area contributed by atoms with Crippen LogP contribution in [0, 0.1) is 18.3 Å². The second-order valence-electron chi connectivity index (χ2n) is 8.67. The van der Waals surface area contributed by atoms with Gasteiger partial charge in [-0.3, -0.25) is 18.7 Å². The Labute approximate surface area is 331 Å². The van der Waals surface area contributed by atoms with Gasteiger partial charge in [0.05, 0.1) is 32.5 Å². The van der Waals surface area contributed by atoms with Crippen LogP contribution in [0.1, 0.15) is 23.6 Å². The summed E-state index contributed by atoms with van der Waals surface area (Å²) in [4.78, 5) is 25.2. The van der Waals surface area contributed by atoms with Crippen LogP contribution in [0.25, 0.3) is 11.8 Å². The number of nitrogens with zero attached hydrogens (tertiary/aromatic N) is 4. The maximum absolute atomic E-state index is 13.0. The Kier molecular flexibility index (Phi) is 12.8. The first-order chi connectivity index (χ1) is 19.1. The summed E-state index contributed by atoms with van der Waals surface area (Å²) >= 11 is 0. The number of anilines is 1. The molecule has 0 fully saturated rings. The molecule has 0 radical (unpaired) electrons. The van der Waals surface area contributed by atoms with Crippen LogP contribution in [0.2, 0.25) is 0 Å². The number of carbonyl (C=O) groups excluding carboxylic acids is 1. The van der Waals surface area contributed by atoms with Gasteiger partial charge in [-0.05, 0) is 80.1 Å². The zero-order valence-corrected chi connectivity index (χ0v) is 22.9. The van der Waals surface area contributed by atoms with Gasteiger partial charge in [-0.25, -0.2) is 4.57 Å². The van der Waals surface area contributed by atoms with Crippen LogP contribution in [-0.4, -0.2) is 150 Å². The summed E-state index contributed by atoms with van der Waals surface area (Å²) in [5.41, 5.74) is -0.186. The van der Waals surface area contributed by atoms with Crippen LogP contribution in [0.5, 0.6) is 5.88 Å². The second-order valence-corrected chi connectivity index (χ2v) is 11.5. The van der Waals surface area contributed by atoms with Crippen molar-refractivity contribution in [2.75, 3.05) is 5.01 Å². The van der Waals surface area contributed by atoms with Crippen molar-refractivity contribution in [1.29, 1.82) is 5.26 Å². The number of carbonyl (C=O) groups is 1. The van der Waals surface area contributed by atoms with Gasteiger partial charge >= 0.3 is 103 Å². The number of hydrazone groups is 1. The van der Waals surface area contributed by atoms with E-state index < -0.39 is 42.5 Å². The molecule has 0 unspecified atom stereocenters. The molecule has 13 nitrogen and oxygen atoms in total. The van der Waals surface area contributed by atoms with Gasteiger partial charge in [0.1, 0.15) is 11.6 Å². The third kappa shape index (κ3) is 7.98. The SMILES string of the molecule is CC1=NN(c2ccc(S(=O)(=O)O)cc2)C(=O)/C1=C\C=C/c1c(C)c(C#N)c(=O)n(-c2ccc(S(=O)(=O)O)cc2)c1O.[KH].[KH]. The van der Waals surface area contributed by atoms with E-state index in [2.05, 4.69) is 5.10 Å². The summed E-state index contributed by atoms with van der Waals surface area (Å²) in [6.07, 6.45) is 4.16. The molecular weight excluding hydrogens is 655 g/mol. The zero-order valence-electron chi connectivity index (χ0n) is 21.2. The molecule has 0 aliphatic carbocycles. The average molecular weight is 677 g/mol. The number of pyridine rings is 1. The molecule has 1 amide bonds. The number of allylic oxidation sites excluding steroid dienone is 2. The second kappa shape index (κ2) is 14.7. The summed E-state index contributed by atoms with van der Waals surface area (Å²) in [5.74, 6) is -1.11. The first-order valence-electron chi connectivity index (χ1n) is 11.5. The number of hydrogen-bond donors (Lipinski definition) is 3. The van der Waals surface area contributed by atoms with Crippen LogP contribution in [-0.2, 0) is 25.0 Å². The Morgan fingerprint density at radius 3 is 1.81 bits per heavy atom. The number of aromatic nitrogens is 1. The molecular formula is C26H22K2N4O9S2. The summed E-state index contributed by atoms with van der Waals surface area (Å²) in [5, 5.41) is 25.8. The van der Waals surface area contributed by atoms with Crippen molar-refractivity contribution >= 4 is 146 Å². The number of benzene rings is 2. The van der Waals surface area contributed by atoms with E-state index >= 15 is 0 Å². The predicted octanol–water partition coefficient (Wildman–Crippen LogP) is 1.28. The Balaban J connectivity index is 0.00000323. The summed E-state index contributed by atoms with van der Waals surface area (Å²) in [6, 6.07) is 11.0. The van der Waals surface area contributed by atoms with Gasteiger partial charge in [0.25, 0.3) is 31.7 Å². The number of amides is 1. The number of rotatable bonds is 6. The van der Waals surface area contributed by atoms with Crippen LogP contribution < -0.4 is 10.6 Å². The molecule has 0 bridgehead atoms. The summed E-state index contributed by atoms with van der Waals surface area (Å²) in [6.45, 7) is 3.01. The number of nitriles is 1.